The molecule has 17 heavy (non-hydrogen) atoms. The Labute approximate surface area is 103 Å². The highest BCUT2D eigenvalue weighted by molar-refractivity contribution is 6.10. The molecule has 1 aromatic rings. The summed E-state index contributed by atoms with van der Waals surface area (Å²) in [6.07, 6.45) is 8.04. The third-order valence-electron chi connectivity index (χ3n) is 2.41. The maximum atomic E-state index is 12.2. The largest absolute Gasteiger partial charge is 0.289 e. The minimum Gasteiger partial charge on any atom is -0.289 e. The number of ketones is 1. The molecule has 0 aliphatic rings. The van der Waals surface area contributed by atoms with Gasteiger partial charge in [-0.25, -0.2) is 0 Å². The maximum Gasteiger partial charge on any atom is 0.192 e. The van der Waals surface area contributed by atoms with Gasteiger partial charge in [0.2, 0.25) is 0 Å². The fourth-order valence-electron chi connectivity index (χ4n) is 1.50. The van der Waals surface area contributed by atoms with Crippen LogP contribution in [0.2, 0.25) is 0 Å². The van der Waals surface area contributed by atoms with Gasteiger partial charge in [0.05, 0.1) is 0 Å². The van der Waals surface area contributed by atoms with Crippen LogP contribution < -0.4 is 0 Å². The molecule has 0 radical (unpaired) electrons. The Morgan fingerprint density at radius 1 is 1.29 bits per heavy atom. The van der Waals surface area contributed by atoms with Gasteiger partial charge in [-0.3, -0.25) is 4.79 Å². The molecule has 1 rings (SSSR count). The van der Waals surface area contributed by atoms with Crippen molar-refractivity contribution in [2.24, 2.45) is 0 Å². The Hall–Kier alpha value is -1.89. The van der Waals surface area contributed by atoms with E-state index in [0.717, 1.165) is 23.1 Å². The molecule has 1 nitrogen and oxygen atoms in total. The second-order valence-corrected chi connectivity index (χ2v) is 3.86. The van der Waals surface area contributed by atoms with Crippen LogP contribution in [0.25, 0.3) is 0 Å². The number of hydrogen-bond acceptors (Lipinski definition) is 1. The predicted octanol–water partition coefficient (Wildman–Crippen LogP) is 4.26. The second-order valence-electron chi connectivity index (χ2n) is 3.86. The van der Waals surface area contributed by atoms with Gasteiger partial charge < -0.3 is 0 Å². The van der Waals surface area contributed by atoms with Gasteiger partial charge >= 0.3 is 0 Å². The summed E-state index contributed by atoms with van der Waals surface area (Å²) in [5, 5.41) is 0. The molecule has 0 atom stereocenters. The van der Waals surface area contributed by atoms with E-state index in [9.17, 15) is 4.79 Å². The molecule has 1 heteroatoms. The van der Waals surface area contributed by atoms with Crippen molar-refractivity contribution >= 4 is 5.78 Å². The van der Waals surface area contributed by atoms with Crippen LogP contribution in [0.15, 0.2) is 60.7 Å². The fourth-order valence-corrected chi connectivity index (χ4v) is 1.50. The van der Waals surface area contributed by atoms with Crippen LogP contribution in [-0.4, -0.2) is 5.78 Å². The zero-order valence-electron chi connectivity index (χ0n) is 10.4. The van der Waals surface area contributed by atoms with E-state index in [2.05, 4.69) is 6.58 Å². The van der Waals surface area contributed by atoms with Gasteiger partial charge in [0, 0.05) is 11.1 Å². The molecule has 1 aromatic carbocycles. The Bertz CT molecular complexity index is 447. The number of carbonyl (C=O) groups is 1. The lowest BCUT2D eigenvalue weighted by Gasteiger charge is -2.02. The van der Waals surface area contributed by atoms with Crippen molar-refractivity contribution in [3.8, 4) is 0 Å². The van der Waals surface area contributed by atoms with E-state index in [0.29, 0.717) is 0 Å². The van der Waals surface area contributed by atoms with Crippen molar-refractivity contribution in [2.75, 3.05) is 0 Å². The molecule has 0 bridgehead atoms. The van der Waals surface area contributed by atoms with Crippen LogP contribution in [0, 0.1) is 6.92 Å². The Morgan fingerprint density at radius 2 is 1.94 bits per heavy atom. The summed E-state index contributed by atoms with van der Waals surface area (Å²) in [5.41, 5.74) is 2.60. The monoisotopic (exact) mass is 226 g/mol. The van der Waals surface area contributed by atoms with Crippen molar-refractivity contribution in [3.05, 3.63) is 71.8 Å². The van der Waals surface area contributed by atoms with E-state index in [1.807, 2.05) is 44.2 Å². The minimum atomic E-state index is 0.0601. The molecular formula is C16H18O. The van der Waals surface area contributed by atoms with Crippen molar-refractivity contribution in [2.45, 2.75) is 20.3 Å². The molecular weight excluding hydrogens is 208 g/mol. The second kappa shape index (κ2) is 6.64. The first-order chi connectivity index (χ1) is 8.19. The smallest absolute Gasteiger partial charge is 0.192 e. The normalized spacial score (nSPS) is 11.8. The van der Waals surface area contributed by atoms with Gasteiger partial charge in [-0.05, 0) is 13.3 Å². The average Bonchev–Trinajstić information content (AvgIpc) is 2.34. The van der Waals surface area contributed by atoms with Crippen LogP contribution in [0.3, 0.4) is 0 Å². The number of carbonyl (C=O) groups excluding carboxylic acids is 1. The van der Waals surface area contributed by atoms with Crippen LogP contribution in [0.1, 0.15) is 29.3 Å². The number of benzene rings is 1. The van der Waals surface area contributed by atoms with Crippen LogP contribution in [0.5, 0.6) is 0 Å². The molecule has 0 aliphatic heterocycles. The highest BCUT2D eigenvalue weighted by atomic mass is 16.1. The van der Waals surface area contributed by atoms with E-state index >= 15 is 0 Å². The molecule has 0 amide bonds. The summed E-state index contributed by atoms with van der Waals surface area (Å²) in [6.45, 7) is 7.64. The molecule has 0 aliphatic carbocycles. The zero-order chi connectivity index (χ0) is 12.7. The van der Waals surface area contributed by atoms with E-state index in [4.69, 9.17) is 0 Å². The van der Waals surface area contributed by atoms with E-state index in [1.165, 1.54) is 0 Å². The van der Waals surface area contributed by atoms with Crippen LogP contribution >= 0.6 is 0 Å². The number of Topliss-reactive ketones (excluding diaryl/α,β-unsaturated/α-hetero) is 1. The Morgan fingerprint density at radius 3 is 2.47 bits per heavy atom. The van der Waals surface area contributed by atoms with Gasteiger partial charge in [-0.15, -0.1) is 0 Å². The quantitative estimate of drug-likeness (QED) is 0.416. The molecule has 88 valence electrons. The molecule has 0 unspecified atom stereocenters. The zero-order valence-corrected chi connectivity index (χ0v) is 10.4. The number of rotatable bonds is 5. The SMILES string of the molecule is C=C/C=C\C(=C/CC)C(=O)c1ccc(C)cc1. The van der Waals surface area contributed by atoms with Gasteiger partial charge in [0.15, 0.2) is 5.78 Å². The topological polar surface area (TPSA) is 17.1 Å². The minimum absolute atomic E-state index is 0.0601. The first-order valence-corrected chi connectivity index (χ1v) is 5.79. The number of allylic oxidation sites excluding steroid dienone is 5. The van der Waals surface area contributed by atoms with Crippen molar-refractivity contribution in [1.82, 2.24) is 0 Å². The molecule has 0 saturated carbocycles. The third-order valence-corrected chi connectivity index (χ3v) is 2.41. The van der Waals surface area contributed by atoms with E-state index in [1.54, 1.807) is 18.2 Å². The predicted molar refractivity (Wildman–Crippen MR) is 73.2 cm³/mol. The Balaban J connectivity index is 3.00. The van der Waals surface area contributed by atoms with Crippen molar-refractivity contribution in [3.63, 3.8) is 0 Å². The lowest BCUT2D eigenvalue weighted by atomic mass is 10.0. The molecule has 0 N–H and O–H groups in total. The summed E-state index contributed by atoms with van der Waals surface area (Å²) in [7, 11) is 0. The summed E-state index contributed by atoms with van der Waals surface area (Å²) in [4.78, 5) is 12.2. The standard InChI is InChI=1S/C16H18O/c1-4-6-8-14(7-5-2)16(17)15-11-9-13(3)10-12-15/h4,6-12H,1,5H2,2-3H3/b8-6-,14-7+. The maximum absolute atomic E-state index is 12.2. The number of hydrogen-bond donors (Lipinski definition) is 0. The average molecular weight is 226 g/mol. The first-order valence-electron chi connectivity index (χ1n) is 5.79. The summed E-state index contributed by atoms with van der Waals surface area (Å²) < 4.78 is 0. The molecule has 0 fully saturated rings. The van der Waals surface area contributed by atoms with Gasteiger partial charge in [-0.2, -0.15) is 0 Å². The highest BCUT2D eigenvalue weighted by Crippen LogP contribution is 2.12. The molecule has 0 saturated heterocycles. The molecule has 0 heterocycles. The van der Waals surface area contributed by atoms with Crippen LogP contribution in [0.4, 0.5) is 0 Å². The van der Waals surface area contributed by atoms with Crippen molar-refractivity contribution in [1.29, 1.82) is 0 Å². The number of aryl methyl sites for hydroxylation is 1. The van der Waals surface area contributed by atoms with Crippen molar-refractivity contribution < 1.29 is 4.79 Å². The lowest BCUT2D eigenvalue weighted by molar-refractivity contribution is 0.103. The molecule has 0 spiro atoms. The molecule has 0 aromatic heterocycles. The van der Waals surface area contributed by atoms with Gasteiger partial charge in [-0.1, -0.05) is 67.6 Å². The van der Waals surface area contributed by atoms with E-state index in [-0.39, 0.29) is 5.78 Å². The fraction of sp³-hybridized carbons (Fsp3) is 0.188. The highest BCUT2D eigenvalue weighted by Gasteiger charge is 2.08. The first kappa shape index (κ1) is 13.2. The Kier molecular flexibility index (Phi) is 5.15. The van der Waals surface area contributed by atoms with E-state index < -0.39 is 0 Å². The van der Waals surface area contributed by atoms with Gasteiger partial charge in [0.25, 0.3) is 0 Å². The third kappa shape index (κ3) is 3.87. The van der Waals surface area contributed by atoms with Crippen LogP contribution in [-0.2, 0) is 0 Å². The lowest BCUT2D eigenvalue weighted by Crippen LogP contribution is -2.01. The summed E-state index contributed by atoms with van der Waals surface area (Å²) in [5.74, 6) is 0.0601. The summed E-state index contributed by atoms with van der Waals surface area (Å²) >= 11 is 0. The van der Waals surface area contributed by atoms with Gasteiger partial charge in [0.1, 0.15) is 0 Å². The summed E-state index contributed by atoms with van der Waals surface area (Å²) in [6, 6.07) is 7.63.